The predicted molar refractivity (Wildman–Crippen MR) is 94.4 cm³/mol. The summed E-state index contributed by atoms with van der Waals surface area (Å²) in [5, 5.41) is 15.1. The average Bonchev–Trinajstić information content (AvgIpc) is 3.05. The van der Waals surface area contributed by atoms with Gasteiger partial charge in [-0.3, -0.25) is 4.90 Å². The van der Waals surface area contributed by atoms with Crippen molar-refractivity contribution in [1.29, 1.82) is 0 Å². The van der Waals surface area contributed by atoms with E-state index in [2.05, 4.69) is 21.7 Å². The number of methoxy groups -OCH3 is 1. The van der Waals surface area contributed by atoms with Crippen molar-refractivity contribution in [2.24, 2.45) is 0 Å². The van der Waals surface area contributed by atoms with Crippen molar-refractivity contribution >= 4 is 22.9 Å². The highest BCUT2D eigenvalue weighted by molar-refractivity contribution is 7.07. The van der Waals surface area contributed by atoms with E-state index in [-0.39, 0.29) is 6.61 Å². The van der Waals surface area contributed by atoms with E-state index >= 15 is 0 Å². The Morgan fingerprint density at radius 1 is 1.26 bits per heavy atom. The highest BCUT2D eigenvalue weighted by Crippen LogP contribution is 2.16. The highest BCUT2D eigenvalue weighted by Gasteiger charge is 2.13. The van der Waals surface area contributed by atoms with Crippen molar-refractivity contribution in [2.45, 2.75) is 12.6 Å². The lowest BCUT2D eigenvalue weighted by molar-refractivity contribution is 0.0542. The number of benzene rings is 1. The Labute approximate surface area is 146 Å². The van der Waals surface area contributed by atoms with E-state index in [1.165, 1.54) is 5.56 Å². The number of rotatable bonds is 10. The monoisotopic (exact) mass is 355 g/mol. The van der Waals surface area contributed by atoms with Gasteiger partial charge in [0.15, 0.2) is 0 Å². The minimum absolute atomic E-state index is 0.245. The van der Waals surface area contributed by atoms with Crippen molar-refractivity contribution in [2.75, 3.05) is 33.4 Å². The van der Waals surface area contributed by atoms with Gasteiger partial charge in [-0.05, 0) is 46.7 Å². The zero-order chi connectivity index (χ0) is 16.5. The van der Waals surface area contributed by atoms with Crippen LogP contribution in [0.2, 0.25) is 5.02 Å². The lowest BCUT2D eigenvalue weighted by atomic mass is 10.2. The summed E-state index contributed by atoms with van der Waals surface area (Å²) in [6.07, 6.45) is -0.568. The lowest BCUT2D eigenvalue weighted by Crippen LogP contribution is -2.37. The van der Waals surface area contributed by atoms with Crippen LogP contribution in [0.3, 0.4) is 0 Å². The van der Waals surface area contributed by atoms with E-state index in [0.717, 1.165) is 13.1 Å². The third-order valence-corrected chi connectivity index (χ3v) is 4.31. The first-order valence-corrected chi connectivity index (χ1v) is 8.78. The van der Waals surface area contributed by atoms with E-state index in [0.29, 0.717) is 23.9 Å². The van der Waals surface area contributed by atoms with Crippen LogP contribution in [-0.2, 0) is 11.3 Å². The molecule has 0 bridgehead atoms. The van der Waals surface area contributed by atoms with Crippen molar-refractivity contribution in [3.05, 3.63) is 51.7 Å². The molecule has 0 aliphatic heterocycles. The van der Waals surface area contributed by atoms with E-state index in [4.69, 9.17) is 21.1 Å². The fourth-order valence-corrected chi connectivity index (χ4v) is 2.96. The van der Waals surface area contributed by atoms with E-state index in [9.17, 15) is 5.11 Å². The Hall–Kier alpha value is -1.11. The minimum Gasteiger partial charge on any atom is -0.491 e. The normalized spacial score (nSPS) is 12.5. The number of ether oxygens (including phenoxy) is 2. The van der Waals surface area contributed by atoms with Crippen LogP contribution in [0.4, 0.5) is 0 Å². The quantitative estimate of drug-likeness (QED) is 0.710. The number of aliphatic hydroxyl groups excluding tert-OH is 1. The second kappa shape index (κ2) is 9.90. The number of nitrogens with zero attached hydrogens (tertiary/aromatic N) is 1. The molecule has 1 aromatic carbocycles. The summed E-state index contributed by atoms with van der Waals surface area (Å²) in [6, 6.07) is 9.22. The van der Waals surface area contributed by atoms with Crippen LogP contribution in [0.25, 0.3) is 0 Å². The fraction of sp³-hybridized carbons (Fsp3) is 0.412. The van der Waals surface area contributed by atoms with Crippen LogP contribution in [0.15, 0.2) is 41.1 Å². The molecule has 2 rings (SSSR count). The van der Waals surface area contributed by atoms with Gasteiger partial charge < -0.3 is 14.6 Å². The summed E-state index contributed by atoms with van der Waals surface area (Å²) < 4.78 is 10.7. The maximum Gasteiger partial charge on any atom is 0.119 e. The molecular weight excluding hydrogens is 334 g/mol. The van der Waals surface area contributed by atoms with Gasteiger partial charge in [-0.1, -0.05) is 11.6 Å². The minimum atomic E-state index is -0.568. The van der Waals surface area contributed by atoms with Crippen LogP contribution >= 0.6 is 22.9 Å². The molecule has 0 aliphatic rings. The average molecular weight is 356 g/mol. The molecule has 0 fully saturated rings. The maximum absolute atomic E-state index is 10.2. The summed E-state index contributed by atoms with van der Waals surface area (Å²) in [4.78, 5) is 2.17. The predicted octanol–water partition coefficient (Wildman–Crippen LogP) is 3.29. The Balaban J connectivity index is 1.81. The Kier molecular flexibility index (Phi) is 7.85. The van der Waals surface area contributed by atoms with Crippen LogP contribution < -0.4 is 4.74 Å². The standard InChI is InChI=1S/C17H22ClNO3S/c1-21-8-7-19(10-14-6-9-23-13-14)11-16(20)12-22-17-4-2-15(18)3-5-17/h2-6,9,13,16,20H,7-8,10-12H2,1H3. The molecule has 0 saturated heterocycles. The molecule has 23 heavy (non-hydrogen) atoms. The highest BCUT2D eigenvalue weighted by atomic mass is 35.5. The summed E-state index contributed by atoms with van der Waals surface area (Å²) in [5.41, 5.74) is 1.25. The van der Waals surface area contributed by atoms with Gasteiger partial charge in [-0.2, -0.15) is 11.3 Å². The zero-order valence-electron chi connectivity index (χ0n) is 13.2. The smallest absolute Gasteiger partial charge is 0.119 e. The van der Waals surface area contributed by atoms with Gasteiger partial charge in [-0.15, -0.1) is 0 Å². The lowest BCUT2D eigenvalue weighted by Gasteiger charge is -2.24. The molecular formula is C17H22ClNO3S. The number of hydrogen-bond donors (Lipinski definition) is 1. The Bertz CT molecular complexity index is 547. The molecule has 0 radical (unpaired) electrons. The third-order valence-electron chi connectivity index (χ3n) is 3.32. The van der Waals surface area contributed by atoms with Crippen molar-refractivity contribution < 1.29 is 14.6 Å². The molecule has 0 amide bonds. The summed E-state index contributed by atoms with van der Waals surface area (Å²) >= 11 is 7.51. The topological polar surface area (TPSA) is 41.9 Å². The molecule has 2 aromatic rings. The van der Waals surface area contributed by atoms with Gasteiger partial charge in [0.1, 0.15) is 18.5 Å². The number of halogens is 1. The molecule has 1 N–H and O–H groups in total. The summed E-state index contributed by atoms with van der Waals surface area (Å²) in [5.74, 6) is 0.703. The van der Waals surface area contributed by atoms with E-state index < -0.39 is 6.10 Å². The molecule has 4 nitrogen and oxygen atoms in total. The third kappa shape index (κ3) is 6.89. The second-order valence-corrected chi connectivity index (χ2v) is 6.49. The van der Waals surface area contributed by atoms with Crippen molar-refractivity contribution in [3.63, 3.8) is 0 Å². The molecule has 0 saturated carbocycles. The van der Waals surface area contributed by atoms with Gasteiger partial charge in [0, 0.05) is 31.8 Å². The fourth-order valence-electron chi connectivity index (χ4n) is 2.17. The molecule has 1 unspecified atom stereocenters. The molecule has 126 valence electrons. The Morgan fingerprint density at radius 3 is 2.70 bits per heavy atom. The molecule has 1 atom stereocenters. The molecule has 6 heteroatoms. The maximum atomic E-state index is 10.2. The van der Waals surface area contributed by atoms with Crippen LogP contribution in [-0.4, -0.2) is 49.5 Å². The van der Waals surface area contributed by atoms with Gasteiger partial charge in [0.05, 0.1) is 6.61 Å². The zero-order valence-corrected chi connectivity index (χ0v) is 14.7. The van der Waals surface area contributed by atoms with Crippen LogP contribution in [0.5, 0.6) is 5.75 Å². The van der Waals surface area contributed by atoms with E-state index in [1.54, 1.807) is 42.7 Å². The van der Waals surface area contributed by atoms with Crippen molar-refractivity contribution in [3.8, 4) is 5.75 Å². The number of thiophene rings is 1. The first-order valence-electron chi connectivity index (χ1n) is 7.46. The van der Waals surface area contributed by atoms with Gasteiger partial charge in [-0.25, -0.2) is 0 Å². The molecule has 1 aromatic heterocycles. The van der Waals surface area contributed by atoms with Crippen molar-refractivity contribution in [1.82, 2.24) is 4.90 Å². The molecule has 0 spiro atoms. The second-order valence-electron chi connectivity index (χ2n) is 5.28. The first-order chi connectivity index (χ1) is 11.2. The number of hydrogen-bond acceptors (Lipinski definition) is 5. The van der Waals surface area contributed by atoms with Crippen LogP contribution in [0, 0.1) is 0 Å². The summed E-state index contributed by atoms with van der Waals surface area (Å²) in [7, 11) is 1.68. The van der Waals surface area contributed by atoms with Gasteiger partial charge in [0.25, 0.3) is 0 Å². The molecule has 1 heterocycles. The largest absolute Gasteiger partial charge is 0.491 e. The van der Waals surface area contributed by atoms with Gasteiger partial charge >= 0.3 is 0 Å². The SMILES string of the molecule is COCCN(Cc1ccsc1)CC(O)COc1ccc(Cl)cc1. The van der Waals surface area contributed by atoms with Crippen LogP contribution in [0.1, 0.15) is 5.56 Å². The number of aliphatic hydroxyl groups is 1. The Morgan fingerprint density at radius 2 is 2.04 bits per heavy atom. The molecule has 0 aliphatic carbocycles. The van der Waals surface area contributed by atoms with E-state index in [1.807, 2.05) is 0 Å². The summed E-state index contributed by atoms with van der Waals surface area (Å²) in [6.45, 7) is 2.98. The van der Waals surface area contributed by atoms with Gasteiger partial charge in [0.2, 0.25) is 0 Å². The first kappa shape index (κ1) is 18.2.